The van der Waals surface area contributed by atoms with Crippen LogP contribution in [0.4, 0.5) is 5.69 Å². The first-order chi connectivity index (χ1) is 19.0. The normalized spacial score (nSPS) is 22.0. The van der Waals surface area contributed by atoms with Gasteiger partial charge in [-0.15, -0.1) is 0 Å². The quantitative estimate of drug-likeness (QED) is 0.494. The van der Waals surface area contributed by atoms with Gasteiger partial charge in [0.1, 0.15) is 5.75 Å². The topological polar surface area (TPSA) is 73.9 Å². The highest BCUT2D eigenvalue weighted by Gasteiger charge is 2.30. The molecular weight excluding hydrogens is 500 g/mol. The first-order valence-corrected chi connectivity index (χ1v) is 14.9. The van der Waals surface area contributed by atoms with Crippen LogP contribution >= 0.6 is 0 Å². The van der Waals surface area contributed by atoms with Crippen molar-refractivity contribution in [2.75, 3.05) is 31.6 Å². The molecular formula is C33H48N4O3. The molecule has 0 radical (unpaired) electrons. The molecule has 40 heavy (non-hydrogen) atoms. The number of anilines is 1. The summed E-state index contributed by atoms with van der Waals surface area (Å²) in [5.41, 5.74) is 4.22. The summed E-state index contributed by atoms with van der Waals surface area (Å²) >= 11 is 0. The maximum absolute atomic E-state index is 13.4. The summed E-state index contributed by atoms with van der Waals surface area (Å²) in [7, 11) is 1.90. The summed E-state index contributed by atoms with van der Waals surface area (Å²) < 4.78 is 6.28. The molecule has 7 nitrogen and oxygen atoms in total. The van der Waals surface area contributed by atoms with E-state index in [9.17, 15) is 9.59 Å². The number of ether oxygens (including phenoxy) is 1. The van der Waals surface area contributed by atoms with Gasteiger partial charge in [-0.2, -0.15) is 0 Å². The molecule has 1 saturated carbocycles. The summed E-state index contributed by atoms with van der Waals surface area (Å²) in [5, 5.41) is 6.51. The van der Waals surface area contributed by atoms with E-state index in [-0.39, 0.29) is 29.4 Å². The van der Waals surface area contributed by atoms with Crippen molar-refractivity contribution in [3.05, 3.63) is 59.2 Å². The van der Waals surface area contributed by atoms with E-state index in [0.717, 1.165) is 68.9 Å². The predicted molar refractivity (Wildman–Crippen MR) is 162 cm³/mol. The molecule has 4 rings (SSSR count). The van der Waals surface area contributed by atoms with E-state index < -0.39 is 0 Å². The van der Waals surface area contributed by atoms with E-state index in [4.69, 9.17) is 4.74 Å². The molecule has 218 valence electrons. The summed E-state index contributed by atoms with van der Waals surface area (Å²) in [6, 6.07) is 14.8. The van der Waals surface area contributed by atoms with E-state index in [1.54, 1.807) is 0 Å². The fourth-order valence-corrected chi connectivity index (χ4v) is 5.86. The van der Waals surface area contributed by atoms with E-state index in [2.05, 4.69) is 47.6 Å². The standard InChI is InChI=1S/C33H48N4O3/c1-23-18-28(13-10-27(23)22-37-17-16-34-24(2)21-37)36(6)32(39)26-11-14-29(15-12-26)40-30-9-7-8-25(19-30)20-31(38)35-33(3,4)5/h7-10,13,18-19,24,26,29,34H,11-12,14-17,20-22H2,1-6H3,(H,35,38)/t24-,26?,29?/m0/s1. The second-order valence-corrected chi connectivity index (χ2v) is 12.8. The van der Waals surface area contributed by atoms with Crippen LogP contribution in [0.5, 0.6) is 5.75 Å². The summed E-state index contributed by atoms with van der Waals surface area (Å²) in [6.45, 7) is 14.4. The third kappa shape index (κ3) is 8.55. The number of carbonyl (C=O) groups excluding carboxylic acids is 2. The van der Waals surface area contributed by atoms with Gasteiger partial charge >= 0.3 is 0 Å². The van der Waals surface area contributed by atoms with Gasteiger partial charge in [0.25, 0.3) is 0 Å². The molecule has 2 amide bonds. The molecule has 7 heteroatoms. The lowest BCUT2D eigenvalue weighted by Gasteiger charge is -2.32. The van der Waals surface area contributed by atoms with Crippen LogP contribution in [-0.2, 0) is 22.6 Å². The summed E-state index contributed by atoms with van der Waals surface area (Å²) in [5.74, 6) is 0.999. The molecule has 2 aliphatic rings. The van der Waals surface area contributed by atoms with Crippen LogP contribution in [0.25, 0.3) is 0 Å². The number of carbonyl (C=O) groups is 2. The first kappa shape index (κ1) is 30.1. The molecule has 2 fully saturated rings. The van der Waals surface area contributed by atoms with Crippen molar-refractivity contribution in [1.29, 1.82) is 0 Å². The van der Waals surface area contributed by atoms with E-state index in [1.807, 2.05) is 57.0 Å². The average molecular weight is 549 g/mol. The first-order valence-electron chi connectivity index (χ1n) is 14.9. The fourth-order valence-electron chi connectivity index (χ4n) is 5.86. The van der Waals surface area contributed by atoms with Crippen molar-refractivity contribution in [2.45, 2.75) is 91.0 Å². The van der Waals surface area contributed by atoms with Gasteiger partial charge in [-0.3, -0.25) is 14.5 Å². The SMILES string of the molecule is Cc1cc(N(C)C(=O)C2CCC(Oc3cccc(CC(=O)NC(C)(C)C)c3)CC2)ccc1CN1CCN[C@@H](C)C1. The predicted octanol–water partition coefficient (Wildman–Crippen LogP) is 4.85. The molecule has 1 aliphatic carbocycles. The second-order valence-electron chi connectivity index (χ2n) is 12.8. The highest BCUT2D eigenvalue weighted by atomic mass is 16.5. The Hall–Kier alpha value is -2.90. The lowest BCUT2D eigenvalue weighted by Crippen LogP contribution is -2.48. The number of benzene rings is 2. The number of nitrogens with one attached hydrogen (secondary N) is 2. The monoisotopic (exact) mass is 548 g/mol. The van der Waals surface area contributed by atoms with Gasteiger partial charge in [0.05, 0.1) is 12.5 Å². The zero-order chi connectivity index (χ0) is 28.9. The van der Waals surface area contributed by atoms with Gasteiger partial charge in [0.2, 0.25) is 11.8 Å². The number of hydrogen-bond acceptors (Lipinski definition) is 5. The highest BCUT2D eigenvalue weighted by Crippen LogP contribution is 2.31. The van der Waals surface area contributed by atoms with Crippen molar-refractivity contribution < 1.29 is 14.3 Å². The highest BCUT2D eigenvalue weighted by molar-refractivity contribution is 5.94. The third-order valence-corrected chi connectivity index (χ3v) is 7.99. The van der Waals surface area contributed by atoms with Crippen molar-refractivity contribution in [1.82, 2.24) is 15.5 Å². The molecule has 1 atom stereocenters. The Kier molecular flexibility index (Phi) is 9.90. The lowest BCUT2D eigenvalue weighted by atomic mass is 9.86. The van der Waals surface area contributed by atoms with Crippen LogP contribution in [0, 0.1) is 12.8 Å². The van der Waals surface area contributed by atoms with Crippen molar-refractivity contribution in [3.8, 4) is 5.75 Å². The maximum atomic E-state index is 13.4. The average Bonchev–Trinajstić information content (AvgIpc) is 2.88. The van der Waals surface area contributed by atoms with Crippen LogP contribution in [0.1, 0.15) is 70.1 Å². The minimum absolute atomic E-state index is 0.00630. The minimum Gasteiger partial charge on any atom is -0.490 e. The molecule has 2 aromatic carbocycles. The van der Waals surface area contributed by atoms with Crippen molar-refractivity contribution in [2.24, 2.45) is 5.92 Å². The minimum atomic E-state index is -0.249. The Morgan fingerprint density at radius 3 is 2.52 bits per heavy atom. The molecule has 2 aromatic rings. The molecule has 1 aliphatic heterocycles. The van der Waals surface area contributed by atoms with E-state index in [1.165, 1.54) is 11.1 Å². The van der Waals surface area contributed by atoms with Crippen molar-refractivity contribution in [3.63, 3.8) is 0 Å². The van der Waals surface area contributed by atoms with E-state index >= 15 is 0 Å². The Morgan fingerprint density at radius 1 is 1.10 bits per heavy atom. The molecule has 0 bridgehead atoms. The van der Waals surface area contributed by atoms with Crippen LogP contribution in [0.3, 0.4) is 0 Å². The smallest absolute Gasteiger partial charge is 0.229 e. The number of aryl methyl sites for hydroxylation is 1. The largest absolute Gasteiger partial charge is 0.490 e. The van der Waals surface area contributed by atoms with Gasteiger partial charge < -0.3 is 20.3 Å². The van der Waals surface area contributed by atoms with Crippen LogP contribution in [-0.4, -0.2) is 61.1 Å². The fraction of sp³-hybridized carbons (Fsp3) is 0.576. The van der Waals surface area contributed by atoms with Gasteiger partial charge in [0, 0.05) is 56.4 Å². The Labute approximate surface area is 240 Å². The zero-order valence-corrected chi connectivity index (χ0v) is 25.3. The third-order valence-electron chi connectivity index (χ3n) is 7.99. The van der Waals surface area contributed by atoms with Crippen LogP contribution < -0.4 is 20.3 Å². The molecule has 0 aromatic heterocycles. The number of nitrogens with zero attached hydrogens (tertiary/aromatic N) is 2. The Bertz CT molecular complexity index is 1170. The maximum Gasteiger partial charge on any atom is 0.229 e. The Balaban J connectivity index is 1.27. The Morgan fingerprint density at radius 2 is 1.85 bits per heavy atom. The number of rotatable bonds is 8. The summed E-state index contributed by atoms with van der Waals surface area (Å²) in [4.78, 5) is 30.0. The number of piperazine rings is 1. The molecule has 0 spiro atoms. The van der Waals surface area contributed by atoms with Gasteiger partial charge in [0.15, 0.2) is 0 Å². The van der Waals surface area contributed by atoms with Gasteiger partial charge in [-0.05, 0) is 101 Å². The number of hydrogen-bond donors (Lipinski definition) is 2. The molecule has 1 heterocycles. The van der Waals surface area contributed by atoms with Gasteiger partial charge in [-0.1, -0.05) is 18.2 Å². The number of amides is 2. The van der Waals surface area contributed by atoms with Crippen LogP contribution in [0.15, 0.2) is 42.5 Å². The lowest BCUT2D eigenvalue weighted by molar-refractivity contribution is -0.123. The van der Waals surface area contributed by atoms with Crippen molar-refractivity contribution >= 4 is 17.5 Å². The van der Waals surface area contributed by atoms with E-state index in [0.29, 0.717) is 12.5 Å². The van der Waals surface area contributed by atoms with Gasteiger partial charge in [-0.25, -0.2) is 0 Å². The second kappa shape index (κ2) is 13.2. The summed E-state index contributed by atoms with van der Waals surface area (Å²) in [6.07, 6.45) is 3.75. The molecule has 0 unspecified atom stereocenters. The molecule has 1 saturated heterocycles. The van der Waals surface area contributed by atoms with Crippen LogP contribution in [0.2, 0.25) is 0 Å². The zero-order valence-electron chi connectivity index (χ0n) is 25.3. The molecule has 2 N–H and O–H groups in total.